The van der Waals surface area contributed by atoms with Crippen LogP contribution in [0, 0.1) is 0 Å². The van der Waals surface area contributed by atoms with Gasteiger partial charge < -0.3 is 15.0 Å². The Kier molecular flexibility index (Phi) is 3.60. The predicted molar refractivity (Wildman–Crippen MR) is 76.8 cm³/mol. The first-order valence-electron chi connectivity index (χ1n) is 7.33. The third-order valence-electron chi connectivity index (χ3n) is 4.52. The van der Waals surface area contributed by atoms with Crippen molar-refractivity contribution in [2.75, 3.05) is 31.6 Å². The first-order chi connectivity index (χ1) is 9.34. The maximum atomic E-state index is 5.27. The standard InChI is InChI=1S/C15H23N3O/c1-19-14-7-5-6-13(17-14)18-11-10-16-12-15(18)8-3-2-4-9-15/h5-7,16H,2-4,8-12H2,1H3. The van der Waals surface area contributed by atoms with Crippen LogP contribution in [0.3, 0.4) is 0 Å². The minimum atomic E-state index is 0.274. The van der Waals surface area contributed by atoms with Gasteiger partial charge in [-0.2, -0.15) is 4.98 Å². The molecule has 4 heteroatoms. The molecule has 1 spiro atoms. The van der Waals surface area contributed by atoms with E-state index in [1.54, 1.807) is 7.11 Å². The number of anilines is 1. The molecule has 3 rings (SSSR count). The topological polar surface area (TPSA) is 37.4 Å². The number of aromatic nitrogens is 1. The van der Waals surface area contributed by atoms with Gasteiger partial charge in [0.2, 0.25) is 5.88 Å². The maximum Gasteiger partial charge on any atom is 0.214 e. The molecule has 0 atom stereocenters. The molecule has 2 heterocycles. The molecule has 0 aromatic carbocycles. The Morgan fingerprint density at radius 3 is 2.89 bits per heavy atom. The number of rotatable bonds is 2. The number of methoxy groups -OCH3 is 1. The lowest BCUT2D eigenvalue weighted by Gasteiger charge is -2.50. The van der Waals surface area contributed by atoms with Crippen LogP contribution in [0.2, 0.25) is 0 Å². The van der Waals surface area contributed by atoms with E-state index < -0.39 is 0 Å². The van der Waals surface area contributed by atoms with Gasteiger partial charge in [0.25, 0.3) is 0 Å². The van der Waals surface area contributed by atoms with Crippen molar-refractivity contribution in [2.24, 2.45) is 0 Å². The van der Waals surface area contributed by atoms with Gasteiger partial charge in [0.15, 0.2) is 0 Å². The molecule has 0 unspecified atom stereocenters. The molecule has 104 valence electrons. The number of pyridine rings is 1. The summed E-state index contributed by atoms with van der Waals surface area (Å²) >= 11 is 0. The van der Waals surface area contributed by atoms with Gasteiger partial charge in [-0.25, -0.2) is 0 Å². The number of hydrogen-bond donors (Lipinski definition) is 1. The van der Waals surface area contributed by atoms with Crippen LogP contribution < -0.4 is 15.0 Å². The molecule has 0 radical (unpaired) electrons. The van der Waals surface area contributed by atoms with Crippen LogP contribution in [0.25, 0.3) is 0 Å². The monoisotopic (exact) mass is 261 g/mol. The lowest BCUT2D eigenvalue weighted by molar-refractivity contribution is 0.239. The average molecular weight is 261 g/mol. The van der Waals surface area contributed by atoms with Gasteiger partial charge in [0, 0.05) is 25.7 Å². The summed E-state index contributed by atoms with van der Waals surface area (Å²) in [5.74, 6) is 1.78. The zero-order valence-electron chi connectivity index (χ0n) is 11.7. The molecule has 19 heavy (non-hydrogen) atoms. The lowest BCUT2D eigenvalue weighted by Crippen LogP contribution is -2.62. The van der Waals surface area contributed by atoms with Crippen LogP contribution in [0.4, 0.5) is 5.82 Å². The number of hydrogen-bond acceptors (Lipinski definition) is 4. The molecule has 0 bridgehead atoms. The highest BCUT2D eigenvalue weighted by molar-refractivity contribution is 5.45. The highest BCUT2D eigenvalue weighted by atomic mass is 16.5. The van der Waals surface area contributed by atoms with E-state index in [9.17, 15) is 0 Å². The number of piperazine rings is 1. The second-order valence-electron chi connectivity index (χ2n) is 5.65. The van der Waals surface area contributed by atoms with Crippen molar-refractivity contribution in [1.82, 2.24) is 10.3 Å². The van der Waals surface area contributed by atoms with E-state index >= 15 is 0 Å². The zero-order valence-corrected chi connectivity index (χ0v) is 11.7. The van der Waals surface area contributed by atoms with Crippen molar-refractivity contribution in [3.8, 4) is 5.88 Å². The lowest BCUT2D eigenvalue weighted by atomic mass is 9.79. The molecule has 2 fully saturated rings. The molecule has 1 N–H and O–H groups in total. The second-order valence-corrected chi connectivity index (χ2v) is 5.65. The second kappa shape index (κ2) is 5.37. The molecule has 2 aliphatic rings. The van der Waals surface area contributed by atoms with Crippen molar-refractivity contribution in [2.45, 2.75) is 37.6 Å². The smallest absolute Gasteiger partial charge is 0.214 e. The van der Waals surface area contributed by atoms with Gasteiger partial charge in [-0.1, -0.05) is 25.3 Å². The van der Waals surface area contributed by atoms with Crippen LogP contribution in [0.5, 0.6) is 5.88 Å². The third kappa shape index (κ3) is 2.41. The summed E-state index contributed by atoms with van der Waals surface area (Å²) in [5, 5.41) is 3.57. The quantitative estimate of drug-likeness (QED) is 0.885. The Morgan fingerprint density at radius 1 is 1.26 bits per heavy atom. The van der Waals surface area contributed by atoms with E-state index in [2.05, 4.69) is 21.3 Å². The Labute approximate surface area is 115 Å². The molecule has 4 nitrogen and oxygen atoms in total. The van der Waals surface area contributed by atoms with Gasteiger partial charge in [-0.15, -0.1) is 0 Å². The average Bonchev–Trinajstić information content (AvgIpc) is 2.49. The number of nitrogens with zero attached hydrogens (tertiary/aromatic N) is 2. The van der Waals surface area contributed by atoms with Crippen LogP contribution >= 0.6 is 0 Å². The zero-order chi connectivity index (χ0) is 13.1. The largest absolute Gasteiger partial charge is 0.481 e. The van der Waals surface area contributed by atoms with Crippen LogP contribution in [-0.4, -0.2) is 37.3 Å². The minimum Gasteiger partial charge on any atom is -0.481 e. The molecular weight excluding hydrogens is 238 g/mol. The van der Waals surface area contributed by atoms with Crippen LogP contribution in [-0.2, 0) is 0 Å². The summed E-state index contributed by atoms with van der Waals surface area (Å²) in [6.07, 6.45) is 6.60. The number of ether oxygens (including phenoxy) is 1. The maximum absolute atomic E-state index is 5.27. The normalized spacial score (nSPS) is 22.5. The third-order valence-corrected chi connectivity index (χ3v) is 4.52. The predicted octanol–water partition coefficient (Wildman–Crippen LogP) is 2.20. The Balaban J connectivity index is 1.90. The summed E-state index contributed by atoms with van der Waals surface area (Å²) in [5.41, 5.74) is 0.274. The Hall–Kier alpha value is -1.29. The van der Waals surface area contributed by atoms with E-state index in [4.69, 9.17) is 4.74 Å². The van der Waals surface area contributed by atoms with Gasteiger partial charge in [0.05, 0.1) is 12.6 Å². The molecule has 1 aliphatic carbocycles. The summed E-state index contributed by atoms with van der Waals surface area (Å²) in [6.45, 7) is 3.17. The van der Waals surface area contributed by atoms with Gasteiger partial charge in [-0.3, -0.25) is 0 Å². The van der Waals surface area contributed by atoms with Crippen molar-refractivity contribution < 1.29 is 4.74 Å². The van der Waals surface area contributed by atoms with E-state index in [1.807, 2.05) is 12.1 Å². The van der Waals surface area contributed by atoms with Gasteiger partial charge >= 0.3 is 0 Å². The van der Waals surface area contributed by atoms with Crippen LogP contribution in [0.15, 0.2) is 18.2 Å². The van der Waals surface area contributed by atoms with Gasteiger partial charge in [-0.05, 0) is 18.9 Å². The summed E-state index contributed by atoms with van der Waals surface area (Å²) in [7, 11) is 1.68. The minimum absolute atomic E-state index is 0.274. The highest BCUT2D eigenvalue weighted by Gasteiger charge is 2.40. The van der Waals surface area contributed by atoms with Crippen molar-refractivity contribution in [3.05, 3.63) is 18.2 Å². The van der Waals surface area contributed by atoms with E-state index in [-0.39, 0.29) is 5.54 Å². The first kappa shape index (κ1) is 12.7. The van der Waals surface area contributed by atoms with E-state index in [1.165, 1.54) is 32.1 Å². The fourth-order valence-corrected chi connectivity index (χ4v) is 3.53. The van der Waals surface area contributed by atoms with Crippen LogP contribution in [0.1, 0.15) is 32.1 Å². The van der Waals surface area contributed by atoms with E-state index in [0.29, 0.717) is 5.88 Å². The fraction of sp³-hybridized carbons (Fsp3) is 0.667. The SMILES string of the molecule is COc1cccc(N2CCNCC23CCCCC3)n1. The Bertz CT molecular complexity index is 421. The van der Waals surface area contributed by atoms with Crippen molar-refractivity contribution in [1.29, 1.82) is 0 Å². The van der Waals surface area contributed by atoms with Crippen molar-refractivity contribution in [3.63, 3.8) is 0 Å². The molecule has 1 aromatic rings. The van der Waals surface area contributed by atoms with Crippen molar-refractivity contribution >= 4 is 5.82 Å². The van der Waals surface area contributed by atoms with Gasteiger partial charge in [0.1, 0.15) is 5.82 Å². The molecule has 1 aromatic heterocycles. The Morgan fingerprint density at radius 2 is 2.11 bits per heavy atom. The highest BCUT2D eigenvalue weighted by Crippen LogP contribution is 2.37. The molecule has 1 saturated heterocycles. The molecule has 1 saturated carbocycles. The number of nitrogens with one attached hydrogen (secondary N) is 1. The van der Waals surface area contributed by atoms with E-state index in [0.717, 1.165) is 25.5 Å². The first-order valence-corrected chi connectivity index (χ1v) is 7.33. The summed E-state index contributed by atoms with van der Waals surface area (Å²) in [6, 6.07) is 6.07. The molecule has 1 aliphatic heterocycles. The fourth-order valence-electron chi connectivity index (χ4n) is 3.53. The molecular formula is C15H23N3O. The molecule has 0 amide bonds. The summed E-state index contributed by atoms with van der Waals surface area (Å²) in [4.78, 5) is 7.16. The summed E-state index contributed by atoms with van der Waals surface area (Å²) < 4.78 is 5.27.